The van der Waals surface area contributed by atoms with Crippen LogP contribution in [0.1, 0.15) is 162 Å². The van der Waals surface area contributed by atoms with E-state index in [-0.39, 0.29) is 37.6 Å². The summed E-state index contributed by atoms with van der Waals surface area (Å²) in [6.45, 7) is 44.2. The van der Waals surface area contributed by atoms with Crippen molar-refractivity contribution in [2.24, 2.45) is 0 Å². The summed E-state index contributed by atoms with van der Waals surface area (Å²) in [7, 11) is 14.0. The van der Waals surface area contributed by atoms with Crippen LogP contribution in [0, 0.1) is 34.2 Å². The number of rotatable bonds is 8. The van der Waals surface area contributed by atoms with Crippen molar-refractivity contribution in [3.8, 4) is 0 Å². The summed E-state index contributed by atoms with van der Waals surface area (Å²) >= 11 is -0.0765. The first kappa shape index (κ1) is 63.1. The van der Waals surface area contributed by atoms with Gasteiger partial charge in [-0.3, -0.25) is 0 Å². The number of aryl methyl sites for hydroxylation is 4. The summed E-state index contributed by atoms with van der Waals surface area (Å²) < 4.78 is 2.06. The standard InChI is InChI=1S/C25H36N2.C23H31N2.C7H6.4C2H6.ClH.Ru/c1-9-22-25(6,20-13-11-10-12-14-20)17-24(4,5)27(22)23-18(2)15-21(26(7)8)16-19(23)3;1-17-13-20(24(6)7)14-18(2)21(17)25-16-23(5,15-22(25,3)4)19-11-9-8-10-12-19;1-7-5-3-2-4-6-7;4*1-2;;/h10-16,22H,9,17H2,1-8H3;8-14,16H,15H2,1-7H3;1-6H;4*1-2H3;1H;/q;-1;;;;;;;+1/p-1. The molecule has 2 fully saturated rings. The summed E-state index contributed by atoms with van der Waals surface area (Å²) in [4.78, 5) is 9.63. The molecule has 2 saturated heterocycles. The number of nitrogens with zero attached hydrogens (tertiary/aromatic N) is 4. The number of hydrogen-bond donors (Lipinski definition) is 0. The van der Waals surface area contributed by atoms with Crippen LogP contribution in [0.5, 0.6) is 0 Å². The first-order valence-corrected chi connectivity index (χ1v) is 29.2. The van der Waals surface area contributed by atoms with Gasteiger partial charge in [0.15, 0.2) is 0 Å². The van der Waals surface area contributed by atoms with Crippen molar-refractivity contribution in [2.75, 3.05) is 47.8 Å². The Bertz CT molecular complexity index is 2190. The average molecular weight is 1050 g/mol. The molecule has 0 amide bonds. The topological polar surface area (TPSA) is 13.0 Å². The molecule has 4 nitrogen and oxygen atoms in total. The molecule has 0 saturated carbocycles. The van der Waals surface area contributed by atoms with Gasteiger partial charge in [0, 0.05) is 73.5 Å². The number of benzene rings is 5. The van der Waals surface area contributed by atoms with Crippen LogP contribution in [-0.2, 0) is 26.5 Å². The number of hydrogen-bond acceptors (Lipinski definition) is 4. The van der Waals surface area contributed by atoms with E-state index >= 15 is 0 Å². The van der Waals surface area contributed by atoms with Crippen LogP contribution in [-0.4, -0.2) is 49.9 Å². The zero-order valence-electron chi connectivity index (χ0n) is 47.8. The van der Waals surface area contributed by atoms with Gasteiger partial charge in [0.1, 0.15) is 0 Å². The predicted molar refractivity (Wildman–Crippen MR) is 312 cm³/mol. The van der Waals surface area contributed by atoms with Crippen LogP contribution in [0.25, 0.3) is 0 Å². The van der Waals surface area contributed by atoms with Gasteiger partial charge in [-0.1, -0.05) is 142 Å². The molecule has 0 aliphatic carbocycles. The molecule has 2 heterocycles. The molecule has 7 rings (SSSR count). The van der Waals surface area contributed by atoms with Gasteiger partial charge in [-0.15, -0.1) is 5.41 Å². The molecule has 6 heteroatoms. The maximum atomic E-state index is 5.57. The quantitative estimate of drug-likeness (QED) is 0.113. The van der Waals surface area contributed by atoms with Gasteiger partial charge < -0.3 is 19.6 Å². The van der Waals surface area contributed by atoms with Crippen LogP contribution in [0.2, 0.25) is 0 Å². The first-order valence-electron chi connectivity index (χ1n) is 25.9. The summed E-state index contributed by atoms with van der Waals surface area (Å²) in [6.07, 6.45) is 3.41. The molecule has 2 aliphatic heterocycles. The Morgan fingerprint density at radius 3 is 1.32 bits per heavy atom. The third kappa shape index (κ3) is 16.0. The minimum absolute atomic E-state index is 0.0594. The molecule has 0 N–H and O–H groups in total. The van der Waals surface area contributed by atoms with E-state index in [0.29, 0.717) is 6.04 Å². The van der Waals surface area contributed by atoms with E-state index in [1.165, 1.54) is 61.7 Å². The van der Waals surface area contributed by atoms with Gasteiger partial charge in [-0.25, -0.2) is 6.54 Å². The third-order valence-corrected chi connectivity index (χ3v) is 14.3. The molecule has 0 radical (unpaired) electrons. The third-order valence-electron chi connectivity index (χ3n) is 13.0. The van der Waals surface area contributed by atoms with Crippen LogP contribution in [0.15, 0.2) is 115 Å². The molecule has 0 spiro atoms. The van der Waals surface area contributed by atoms with Crippen molar-refractivity contribution in [1.29, 1.82) is 0 Å². The van der Waals surface area contributed by atoms with Crippen molar-refractivity contribution >= 4 is 37.0 Å². The van der Waals surface area contributed by atoms with E-state index in [2.05, 4.69) is 232 Å². The Hall–Kier alpha value is -3.92. The Kier molecular flexibility index (Phi) is 26.9. The number of halogens is 1. The van der Waals surface area contributed by atoms with E-state index in [4.69, 9.17) is 9.69 Å². The van der Waals surface area contributed by atoms with Crippen LogP contribution in [0.4, 0.5) is 22.7 Å². The van der Waals surface area contributed by atoms with E-state index in [1.807, 2.05) is 73.6 Å². The van der Waals surface area contributed by atoms with Crippen molar-refractivity contribution in [3.05, 3.63) is 161 Å². The van der Waals surface area contributed by atoms with Crippen molar-refractivity contribution in [3.63, 3.8) is 0 Å². The molecule has 385 valence electrons. The van der Waals surface area contributed by atoms with E-state index in [9.17, 15) is 0 Å². The van der Waals surface area contributed by atoms with Gasteiger partial charge in [0.25, 0.3) is 0 Å². The van der Waals surface area contributed by atoms with Gasteiger partial charge in [-0.2, -0.15) is 0 Å². The molecule has 0 bridgehead atoms. The van der Waals surface area contributed by atoms with Crippen molar-refractivity contribution in [2.45, 2.75) is 179 Å². The Morgan fingerprint density at radius 1 is 0.565 bits per heavy atom. The summed E-state index contributed by atoms with van der Waals surface area (Å²) in [5.41, 5.74) is 15.3. The predicted octanol–water partition coefficient (Wildman–Crippen LogP) is 17.8. The first-order chi connectivity index (χ1) is 32.7. The molecule has 69 heavy (non-hydrogen) atoms. The zero-order chi connectivity index (χ0) is 52.9. The van der Waals surface area contributed by atoms with E-state index in [0.717, 1.165) is 19.3 Å². The maximum absolute atomic E-state index is 5.57. The molecule has 3 unspecified atom stereocenters. The summed E-state index contributed by atoms with van der Waals surface area (Å²) in [5.74, 6) is 0. The minimum atomic E-state index is -0.0765. The SMILES string of the molecule is CC.CC.CC.CC.CCC1N(c2c(C)cc(N(C)C)cc2C)C(C)(C)CC1(C)c1ccccc1.Cc1cc(N(C)C)cc(C)c1N1[CH-]C(C)(c2ccccc2)CC1(C)C.[Cl][Ru]=[CH]c1ccccc1. The molecular weight excluding hydrogens is 949 g/mol. The van der Waals surface area contributed by atoms with Crippen molar-refractivity contribution < 1.29 is 15.7 Å². The second-order valence-corrected chi connectivity index (χ2v) is 21.4. The van der Waals surface area contributed by atoms with Crippen molar-refractivity contribution in [1.82, 2.24) is 0 Å². The molecule has 2 aliphatic rings. The number of anilines is 4. The molecule has 5 aromatic carbocycles. The van der Waals surface area contributed by atoms with Gasteiger partial charge >= 0.3 is 65.9 Å². The van der Waals surface area contributed by atoms with Gasteiger partial charge in [0.2, 0.25) is 0 Å². The molecule has 3 atom stereocenters. The second kappa shape index (κ2) is 29.4. The van der Waals surface area contributed by atoms with Gasteiger partial charge in [-0.05, 0) is 127 Å². The van der Waals surface area contributed by atoms with Crippen LogP contribution >= 0.6 is 9.69 Å². The van der Waals surface area contributed by atoms with E-state index < -0.39 is 0 Å². The normalized spacial score (nSPS) is 19.4. The summed E-state index contributed by atoms with van der Waals surface area (Å²) in [6, 6.07) is 41.9. The molecular formula is C63H97ClN4Ru-. The average Bonchev–Trinajstić information content (AvgIpc) is 3.72. The zero-order valence-corrected chi connectivity index (χ0v) is 50.3. The van der Waals surface area contributed by atoms with Crippen LogP contribution in [0.3, 0.4) is 0 Å². The molecule has 0 aromatic heterocycles. The fourth-order valence-corrected chi connectivity index (χ4v) is 11.7. The molecule has 5 aromatic rings. The van der Waals surface area contributed by atoms with Gasteiger partial charge in [0.05, 0.1) is 0 Å². The second-order valence-electron chi connectivity index (χ2n) is 19.6. The fraction of sp³-hybridized carbons (Fsp3) is 0.492. The Morgan fingerprint density at radius 2 is 0.942 bits per heavy atom. The Balaban J connectivity index is 0.000000522. The summed E-state index contributed by atoms with van der Waals surface area (Å²) in [5, 5.41) is 0. The van der Waals surface area contributed by atoms with E-state index in [1.54, 1.807) is 0 Å². The van der Waals surface area contributed by atoms with Crippen LogP contribution < -0.4 is 19.6 Å². The fourth-order valence-electron chi connectivity index (χ4n) is 10.6. The monoisotopic (exact) mass is 1050 g/mol. The Labute approximate surface area is 437 Å².